The Balaban J connectivity index is 1.90. The maximum absolute atomic E-state index is 12.4. The third-order valence-electron chi connectivity index (χ3n) is 3.68. The molecule has 0 aliphatic rings. The van der Waals surface area contributed by atoms with E-state index in [1.165, 1.54) is 16.2 Å². The molecule has 2 N–H and O–H groups in total. The molecule has 0 saturated heterocycles. The molecule has 0 radical (unpaired) electrons. The number of thiophene rings is 1. The van der Waals surface area contributed by atoms with Gasteiger partial charge < -0.3 is 5.32 Å². The second-order valence-corrected chi connectivity index (χ2v) is 7.96. The van der Waals surface area contributed by atoms with Gasteiger partial charge in [0.1, 0.15) is 6.04 Å². The number of hydrogen-bond donors (Lipinski definition) is 2. The van der Waals surface area contributed by atoms with Crippen LogP contribution >= 0.6 is 23.1 Å². The number of carbonyl (C=O) groups excluding carboxylic acids is 2. The highest BCUT2D eigenvalue weighted by atomic mass is 32.2. The lowest BCUT2D eigenvalue weighted by molar-refractivity contribution is -0.129. The lowest BCUT2D eigenvalue weighted by Gasteiger charge is -2.20. The molecule has 2 amide bonds. The molecule has 1 aromatic carbocycles. The van der Waals surface area contributed by atoms with E-state index in [9.17, 15) is 9.59 Å². The van der Waals surface area contributed by atoms with Gasteiger partial charge in [-0.3, -0.25) is 9.59 Å². The van der Waals surface area contributed by atoms with Gasteiger partial charge in [0, 0.05) is 9.77 Å². The lowest BCUT2D eigenvalue weighted by Crippen LogP contribution is -2.49. The van der Waals surface area contributed by atoms with Crippen LogP contribution in [-0.4, -0.2) is 30.3 Å². The minimum Gasteiger partial charge on any atom is -0.344 e. The summed E-state index contributed by atoms with van der Waals surface area (Å²) in [5.74, 6) is -0.534. The van der Waals surface area contributed by atoms with E-state index in [1.807, 2.05) is 61.9 Å². The fraction of sp³-hybridized carbons (Fsp3) is 0.316. The van der Waals surface area contributed by atoms with Crippen LogP contribution in [0.2, 0.25) is 0 Å². The first-order valence-electron chi connectivity index (χ1n) is 8.28. The van der Waals surface area contributed by atoms with Gasteiger partial charge in [-0.25, -0.2) is 5.43 Å². The Morgan fingerprint density at radius 2 is 1.96 bits per heavy atom. The average Bonchev–Trinajstić information content (AvgIpc) is 3.12. The number of rotatable bonds is 8. The smallest absolute Gasteiger partial charge is 0.262 e. The van der Waals surface area contributed by atoms with E-state index in [4.69, 9.17) is 0 Å². The van der Waals surface area contributed by atoms with Gasteiger partial charge in [0.15, 0.2) is 0 Å². The number of nitrogens with one attached hydrogen (secondary N) is 2. The minimum absolute atomic E-state index is 0.0432. The summed E-state index contributed by atoms with van der Waals surface area (Å²) >= 11 is 3.19. The van der Waals surface area contributed by atoms with Crippen molar-refractivity contribution in [3.63, 3.8) is 0 Å². The van der Waals surface area contributed by atoms with Crippen LogP contribution in [0.1, 0.15) is 24.3 Å². The van der Waals surface area contributed by atoms with Crippen molar-refractivity contribution in [2.75, 3.05) is 6.26 Å². The monoisotopic (exact) mass is 389 g/mol. The van der Waals surface area contributed by atoms with Crippen molar-refractivity contribution in [2.24, 2.45) is 11.0 Å². The van der Waals surface area contributed by atoms with E-state index in [1.54, 1.807) is 18.0 Å². The first-order valence-corrected chi connectivity index (χ1v) is 10.4. The zero-order valence-electron chi connectivity index (χ0n) is 15.1. The molecule has 0 fully saturated rings. The van der Waals surface area contributed by atoms with Gasteiger partial charge in [0.05, 0.1) is 12.6 Å². The van der Waals surface area contributed by atoms with Crippen LogP contribution in [-0.2, 0) is 16.0 Å². The zero-order valence-corrected chi connectivity index (χ0v) is 16.7. The molecule has 0 unspecified atom stereocenters. The summed E-state index contributed by atoms with van der Waals surface area (Å²) in [7, 11) is 0. The molecule has 1 aromatic heterocycles. The van der Waals surface area contributed by atoms with Crippen molar-refractivity contribution in [1.29, 1.82) is 0 Å². The molecule has 2 aromatic rings. The predicted octanol–water partition coefficient (Wildman–Crippen LogP) is 3.30. The van der Waals surface area contributed by atoms with Crippen LogP contribution in [0.5, 0.6) is 0 Å². The third-order valence-corrected chi connectivity index (χ3v) is 5.30. The molecule has 138 valence electrons. The second-order valence-electron chi connectivity index (χ2n) is 6.05. The highest BCUT2D eigenvalue weighted by Gasteiger charge is 2.24. The highest BCUT2D eigenvalue weighted by Crippen LogP contribution is 2.14. The van der Waals surface area contributed by atoms with E-state index in [-0.39, 0.29) is 24.2 Å². The summed E-state index contributed by atoms with van der Waals surface area (Å²) in [5.41, 5.74) is 3.41. The van der Waals surface area contributed by atoms with Gasteiger partial charge in [0.25, 0.3) is 5.91 Å². The van der Waals surface area contributed by atoms with E-state index in [2.05, 4.69) is 15.8 Å². The molecule has 0 bridgehead atoms. The summed E-state index contributed by atoms with van der Waals surface area (Å²) in [5, 5.41) is 8.73. The second kappa shape index (κ2) is 10.1. The summed E-state index contributed by atoms with van der Waals surface area (Å²) in [6, 6.07) is 11.0. The largest absolute Gasteiger partial charge is 0.344 e. The molecule has 0 spiro atoms. The molecule has 2 rings (SSSR count). The van der Waals surface area contributed by atoms with Crippen molar-refractivity contribution in [2.45, 2.75) is 31.2 Å². The van der Waals surface area contributed by atoms with Gasteiger partial charge in [-0.1, -0.05) is 32.0 Å². The average molecular weight is 390 g/mol. The van der Waals surface area contributed by atoms with Gasteiger partial charge in [-0.05, 0) is 41.3 Å². The topological polar surface area (TPSA) is 70.6 Å². The Morgan fingerprint density at radius 3 is 2.54 bits per heavy atom. The van der Waals surface area contributed by atoms with Crippen molar-refractivity contribution in [3.05, 3.63) is 52.2 Å². The normalized spacial score (nSPS) is 12.3. The van der Waals surface area contributed by atoms with E-state index < -0.39 is 6.04 Å². The van der Waals surface area contributed by atoms with Crippen LogP contribution in [0.15, 0.2) is 51.8 Å². The molecule has 26 heavy (non-hydrogen) atoms. The molecule has 0 aliphatic carbocycles. The number of thioether (sulfide) groups is 1. The number of hydrazone groups is 1. The zero-order chi connectivity index (χ0) is 18.9. The van der Waals surface area contributed by atoms with Crippen LogP contribution < -0.4 is 10.7 Å². The van der Waals surface area contributed by atoms with Crippen molar-refractivity contribution >= 4 is 41.1 Å². The maximum Gasteiger partial charge on any atom is 0.262 e. The van der Waals surface area contributed by atoms with Crippen molar-refractivity contribution in [1.82, 2.24) is 10.7 Å². The SMILES string of the molecule is CSc1ccc(C=NNC(=O)[C@H](NC(=O)Cc2cccs2)C(C)C)cc1. The van der Waals surface area contributed by atoms with Crippen LogP contribution in [0, 0.1) is 5.92 Å². The fourth-order valence-corrected chi connectivity index (χ4v) is 3.37. The Morgan fingerprint density at radius 1 is 1.23 bits per heavy atom. The molecule has 1 heterocycles. The predicted molar refractivity (Wildman–Crippen MR) is 109 cm³/mol. The highest BCUT2D eigenvalue weighted by molar-refractivity contribution is 7.98. The summed E-state index contributed by atoms with van der Waals surface area (Å²) < 4.78 is 0. The first-order chi connectivity index (χ1) is 12.5. The van der Waals surface area contributed by atoms with E-state index in [0.717, 1.165) is 10.4 Å². The standard InChI is InChI=1S/C19H23N3O2S2/c1-13(2)18(21-17(23)11-16-5-4-10-26-16)19(24)22-20-12-14-6-8-15(25-3)9-7-14/h4-10,12-13,18H,11H2,1-3H3,(H,21,23)(H,22,24)/t18-/m1/s1. The molecule has 5 nitrogen and oxygen atoms in total. The number of benzene rings is 1. The quantitative estimate of drug-likeness (QED) is 0.413. The molecule has 1 atom stereocenters. The van der Waals surface area contributed by atoms with Gasteiger partial charge in [-0.15, -0.1) is 23.1 Å². The Kier molecular flexibility index (Phi) is 7.87. The Hall–Kier alpha value is -2.12. The maximum atomic E-state index is 12.4. The lowest BCUT2D eigenvalue weighted by atomic mass is 10.0. The number of carbonyl (C=O) groups is 2. The van der Waals surface area contributed by atoms with Crippen LogP contribution in [0.3, 0.4) is 0 Å². The Labute approximate surface area is 162 Å². The van der Waals surface area contributed by atoms with Crippen molar-refractivity contribution < 1.29 is 9.59 Å². The van der Waals surface area contributed by atoms with E-state index >= 15 is 0 Å². The molecular weight excluding hydrogens is 366 g/mol. The molecule has 7 heteroatoms. The van der Waals surface area contributed by atoms with Crippen molar-refractivity contribution in [3.8, 4) is 0 Å². The number of amides is 2. The van der Waals surface area contributed by atoms with Gasteiger partial charge in [0.2, 0.25) is 5.91 Å². The summed E-state index contributed by atoms with van der Waals surface area (Å²) in [4.78, 5) is 26.7. The number of nitrogens with zero attached hydrogens (tertiary/aromatic N) is 1. The van der Waals surface area contributed by atoms with Crippen LogP contribution in [0.25, 0.3) is 0 Å². The number of hydrogen-bond acceptors (Lipinski definition) is 5. The van der Waals surface area contributed by atoms with E-state index in [0.29, 0.717) is 0 Å². The molecule has 0 aliphatic heterocycles. The summed E-state index contributed by atoms with van der Waals surface area (Å²) in [6.45, 7) is 3.78. The Bertz CT molecular complexity index is 741. The molecular formula is C19H23N3O2S2. The first kappa shape index (κ1) is 20.2. The minimum atomic E-state index is -0.626. The summed E-state index contributed by atoms with van der Waals surface area (Å²) in [6.07, 6.45) is 3.88. The fourth-order valence-electron chi connectivity index (χ4n) is 2.26. The van der Waals surface area contributed by atoms with Gasteiger partial charge >= 0.3 is 0 Å². The molecule has 0 saturated carbocycles. The third kappa shape index (κ3) is 6.31. The van der Waals surface area contributed by atoms with Crippen LogP contribution in [0.4, 0.5) is 0 Å². The van der Waals surface area contributed by atoms with Gasteiger partial charge in [-0.2, -0.15) is 5.10 Å².